The molecule has 0 radical (unpaired) electrons. The Morgan fingerprint density at radius 1 is 1.09 bits per heavy atom. The summed E-state index contributed by atoms with van der Waals surface area (Å²) < 4.78 is 12.7. The maximum atomic E-state index is 12.3. The van der Waals surface area contributed by atoms with E-state index < -0.39 is 0 Å². The number of rotatable bonds is 9. The van der Waals surface area contributed by atoms with Gasteiger partial charge in [0.25, 0.3) is 0 Å². The lowest BCUT2D eigenvalue weighted by Gasteiger charge is -2.14. The Balaban J connectivity index is 1.66. The van der Waals surface area contributed by atoms with Crippen molar-refractivity contribution in [3.63, 3.8) is 0 Å². The molecule has 0 aliphatic carbocycles. The van der Waals surface area contributed by atoms with Gasteiger partial charge < -0.3 is 9.47 Å². The largest absolute Gasteiger partial charge is 0.490 e. The van der Waals surface area contributed by atoms with E-state index in [1.807, 2.05) is 57.2 Å². The summed E-state index contributed by atoms with van der Waals surface area (Å²) in [5, 5.41) is 4.48. The number of aryl methyl sites for hydroxylation is 2. The fraction of sp³-hybridized carbons (Fsp3) is 0.231. The number of nitrogens with zero attached hydrogens (tertiary/aromatic N) is 1. The molecule has 172 valence electrons. The predicted octanol–water partition coefficient (Wildman–Crippen LogP) is 6.39. The topological polar surface area (TPSA) is 59.9 Å². The summed E-state index contributed by atoms with van der Waals surface area (Å²) in [4.78, 5) is 12.3. The summed E-state index contributed by atoms with van der Waals surface area (Å²) in [6.45, 7) is 6.73. The van der Waals surface area contributed by atoms with E-state index in [2.05, 4.69) is 32.5 Å². The molecule has 3 aromatic rings. The second kappa shape index (κ2) is 11.9. The Bertz CT molecular complexity index is 1150. The van der Waals surface area contributed by atoms with Gasteiger partial charge in [-0.15, -0.1) is 0 Å². The van der Waals surface area contributed by atoms with Crippen LogP contribution in [-0.2, 0) is 17.8 Å². The Morgan fingerprint density at radius 3 is 2.55 bits per heavy atom. The molecule has 1 amide bonds. The third kappa shape index (κ3) is 7.34. The highest BCUT2D eigenvalue weighted by molar-refractivity contribution is 9.10. The molecule has 0 saturated carbocycles. The normalized spacial score (nSPS) is 10.9. The minimum atomic E-state index is -0.191. The molecule has 0 atom stereocenters. The third-order valence-corrected chi connectivity index (χ3v) is 5.69. The Hall–Kier alpha value is -2.83. The predicted molar refractivity (Wildman–Crippen MR) is 136 cm³/mol. The van der Waals surface area contributed by atoms with Crippen LogP contribution in [0.3, 0.4) is 0 Å². The van der Waals surface area contributed by atoms with E-state index in [-0.39, 0.29) is 12.3 Å². The van der Waals surface area contributed by atoms with Crippen LogP contribution in [0.1, 0.15) is 34.7 Å². The number of amides is 1. The van der Waals surface area contributed by atoms with Gasteiger partial charge in [0.2, 0.25) is 5.91 Å². The zero-order valence-corrected chi connectivity index (χ0v) is 21.2. The SMILES string of the molecule is CCOc1cc(/C=N\NC(=O)Cc2ccc(C)cc2C)cc(Cl)c1OCc1ccc(Br)cc1. The molecule has 0 spiro atoms. The van der Waals surface area contributed by atoms with Crippen molar-refractivity contribution >= 4 is 39.7 Å². The average Bonchev–Trinajstić information content (AvgIpc) is 2.76. The molecule has 0 saturated heterocycles. The van der Waals surface area contributed by atoms with E-state index >= 15 is 0 Å². The van der Waals surface area contributed by atoms with Gasteiger partial charge in [-0.2, -0.15) is 5.10 Å². The number of ether oxygens (including phenoxy) is 2. The van der Waals surface area contributed by atoms with Crippen LogP contribution in [0.5, 0.6) is 11.5 Å². The number of carbonyl (C=O) groups is 1. The Labute approximate surface area is 207 Å². The lowest BCUT2D eigenvalue weighted by Crippen LogP contribution is -2.20. The summed E-state index contributed by atoms with van der Waals surface area (Å²) in [7, 11) is 0. The smallest absolute Gasteiger partial charge is 0.244 e. The fourth-order valence-electron chi connectivity index (χ4n) is 3.24. The van der Waals surface area contributed by atoms with Gasteiger partial charge in [0.1, 0.15) is 6.61 Å². The van der Waals surface area contributed by atoms with Crippen molar-refractivity contribution in [1.82, 2.24) is 5.43 Å². The van der Waals surface area contributed by atoms with Gasteiger partial charge in [-0.25, -0.2) is 5.43 Å². The highest BCUT2D eigenvalue weighted by atomic mass is 79.9. The summed E-state index contributed by atoms with van der Waals surface area (Å²) >= 11 is 9.90. The van der Waals surface area contributed by atoms with Crippen LogP contribution in [0.15, 0.2) is 64.2 Å². The van der Waals surface area contributed by atoms with Crippen molar-refractivity contribution in [2.45, 2.75) is 33.8 Å². The maximum absolute atomic E-state index is 12.3. The van der Waals surface area contributed by atoms with Gasteiger partial charge in [0, 0.05) is 4.47 Å². The average molecular weight is 530 g/mol. The van der Waals surface area contributed by atoms with Gasteiger partial charge in [-0.3, -0.25) is 4.79 Å². The van der Waals surface area contributed by atoms with Gasteiger partial charge in [0.05, 0.1) is 24.3 Å². The van der Waals surface area contributed by atoms with Gasteiger partial charge in [-0.1, -0.05) is 63.4 Å². The quantitative estimate of drug-likeness (QED) is 0.258. The van der Waals surface area contributed by atoms with Crippen LogP contribution < -0.4 is 14.9 Å². The number of nitrogens with one attached hydrogen (secondary N) is 1. The van der Waals surface area contributed by atoms with Crippen molar-refractivity contribution in [1.29, 1.82) is 0 Å². The number of hydrogen-bond donors (Lipinski definition) is 1. The van der Waals surface area contributed by atoms with Gasteiger partial charge >= 0.3 is 0 Å². The Morgan fingerprint density at radius 2 is 1.85 bits per heavy atom. The molecule has 33 heavy (non-hydrogen) atoms. The van der Waals surface area contributed by atoms with E-state index in [0.717, 1.165) is 21.2 Å². The van der Waals surface area contributed by atoms with Crippen LogP contribution in [0.25, 0.3) is 0 Å². The van der Waals surface area contributed by atoms with E-state index in [0.29, 0.717) is 35.3 Å². The van der Waals surface area contributed by atoms with E-state index in [4.69, 9.17) is 21.1 Å². The molecular weight excluding hydrogens is 504 g/mol. The second-order valence-corrected chi connectivity index (χ2v) is 8.90. The summed E-state index contributed by atoms with van der Waals surface area (Å²) in [6.07, 6.45) is 1.80. The number of benzene rings is 3. The molecule has 0 fully saturated rings. The summed E-state index contributed by atoms with van der Waals surface area (Å²) in [5.74, 6) is 0.798. The standard InChI is InChI=1S/C26H26BrClN2O3/c1-4-32-24-13-20(12-23(28)26(24)33-16-19-6-9-22(27)10-7-19)15-29-30-25(31)14-21-8-5-17(2)11-18(21)3/h5-13,15H,4,14,16H2,1-3H3,(H,30,31)/b29-15-. The highest BCUT2D eigenvalue weighted by Gasteiger charge is 2.13. The van der Waals surface area contributed by atoms with Crippen molar-refractivity contribution in [3.8, 4) is 11.5 Å². The molecule has 0 unspecified atom stereocenters. The number of hydrogen-bond acceptors (Lipinski definition) is 4. The van der Waals surface area contributed by atoms with Crippen LogP contribution in [0, 0.1) is 13.8 Å². The second-order valence-electron chi connectivity index (χ2n) is 7.58. The van der Waals surface area contributed by atoms with Crippen molar-refractivity contribution in [3.05, 3.63) is 91.9 Å². The van der Waals surface area contributed by atoms with Crippen LogP contribution in [0.2, 0.25) is 5.02 Å². The number of halogens is 2. The molecule has 0 heterocycles. The van der Waals surface area contributed by atoms with Crippen LogP contribution in [-0.4, -0.2) is 18.7 Å². The third-order valence-electron chi connectivity index (χ3n) is 4.88. The molecule has 3 rings (SSSR count). The molecule has 7 heteroatoms. The lowest BCUT2D eigenvalue weighted by molar-refractivity contribution is -0.120. The number of carbonyl (C=O) groups excluding carboxylic acids is 1. The van der Waals surface area contributed by atoms with Crippen LogP contribution in [0.4, 0.5) is 0 Å². The first-order chi connectivity index (χ1) is 15.9. The van der Waals surface area contributed by atoms with E-state index in [9.17, 15) is 4.79 Å². The minimum Gasteiger partial charge on any atom is -0.490 e. The minimum absolute atomic E-state index is 0.191. The monoisotopic (exact) mass is 528 g/mol. The summed E-state index contributed by atoms with van der Waals surface area (Å²) in [6, 6.07) is 17.4. The summed E-state index contributed by atoms with van der Waals surface area (Å²) in [5.41, 5.74) is 7.49. The molecule has 1 N–H and O–H groups in total. The maximum Gasteiger partial charge on any atom is 0.244 e. The van der Waals surface area contributed by atoms with E-state index in [1.54, 1.807) is 12.1 Å². The van der Waals surface area contributed by atoms with Crippen LogP contribution >= 0.6 is 27.5 Å². The molecule has 0 aliphatic heterocycles. The lowest BCUT2D eigenvalue weighted by atomic mass is 10.0. The van der Waals surface area contributed by atoms with Crippen molar-refractivity contribution < 1.29 is 14.3 Å². The van der Waals surface area contributed by atoms with Gasteiger partial charge in [0.15, 0.2) is 11.5 Å². The fourth-order valence-corrected chi connectivity index (χ4v) is 3.78. The first kappa shape index (κ1) is 24.8. The molecule has 3 aromatic carbocycles. The molecule has 5 nitrogen and oxygen atoms in total. The molecular formula is C26H26BrClN2O3. The molecule has 0 bridgehead atoms. The first-order valence-corrected chi connectivity index (χ1v) is 11.7. The van der Waals surface area contributed by atoms with Crippen molar-refractivity contribution in [2.24, 2.45) is 5.10 Å². The zero-order chi connectivity index (χ0) is 23.8. The molecule has 0 aromatic heterocycles. The molecule has 0 aliphatic rings. The number of hydrazone groups is 1. The first-order valence-electron chi connectivity index (χ1n) is 10.6. The zero-order valence-electron chi connectivity index (χ0n) is 18.8. The highest BCUT2D eigenvalue weighted by Crippen LogP contribution is 2.37. The van der Waals surface area contributed by atoms with Crippen molar-refractivity contribution in [2.75, 3.05) is 6.61 Å². The Kier molecular flexibility index (Phi) is 8.92. The van der Waals surface area contributed by atoms with Gasteiger partial charge in [-0.05, 0) is 67.3 Å². The van der Waals surface area contributed by atoms with E-state index in [1.165, 1.54) is 11.8 Å².